The Morgan fingerprint density at radius 1 is 0.551 bits per heavy atom. The molecule has 0 amide bonds. The zero-order valence-corrected chi connectivity index (χ0v) is 31.6. The van der Waals surface area contributed by atoms with Crippen LogP contribution in [0.2, 0.25) is 0 Å². The van der Waals surface area contributed by atoms with Crippen LogP contribution in [0.15, 0.2) is 24.3 Å². The van der Waals surface area contributed by atoms with E-state index in [0.29, 0.717) is 12.8 Å². The van der Waals surface area contributed by atoms with Gasteiger partial charge in [0.2, 0.25) is 0 Å². The molecule has 4 atom stereocenters. The van der Waals surface area contributed by atoms with Crippen LogP contribution in [-0.2, 0) is 23.9 Å². The largest absolute Gasteiger partial charge is 0.455 e. The first-order chi connectivity index (χ1) is 23.7. The van der Waals surface area contributed by atoms with Gasteiger partial charge in [-0.15, -0.1) is 0 Å². The van der Waals surface area contributed by atoms with Gasteiger partial charge in [0, 0.05) is 12.8 Å². The van der Waals surface area contributed by atoms with Crippen molar-refractivity contribution in [2.24, 2.45) is 0 Å². The van der Waals surface area contributed by atoms with E-state index in [-0.39, 0.29) is 25.0 Å². The van der Waals surface area contributed by atoms with Crippen LogP contribution in [0.5, 0.6) is 0 Å². The molecule has 0 aromatic carbocycles. The fourth-order valence-corrected chi connectivity index (χ4v) is 5.76. The number of carbonyl (C=O) groups excluding carboxylic acids is 3. The van der Waals surface area contributed by atoms with Crippen molar-refractivity contribution in [3.05, 3.63) is 24.3 Å². The van der Waals surface area contributed by atoms with Crippen LogP contribution in [0.1, 0.15) is 188 Å². The summed E-state index contributed by atoms with van der Waals surface area (Å²) in [7, 11) is 0. The van der Waals surface area contributed by atoms with Gasteiger partial charge in [-0.1, -0.05) is 128 Å². The molecule has 0 aromatic heterocycles. The first-order valence-corrected chi connectivity index (χ1v) is 19.9. The molecule has 0 rings (SSSR count). The summed E-state index contributed by atoms with van der Waals surface area (Å²) in [6, 6.07) is 0. The fourth-order valence-electron chi connectivity index (χ4n) is 5.76. The smallest absolute Gasteiger partial charge is 0.306 e. The van der Waals surface area contributed by atoms with Gasteiger partial charge >= 0.3 is 11.9 Å². The quantitative estimate of drug-likeness (QED) is 0.0340. The molecule has 8 nitrogen and oxygen atoms in total. The van der Waals surface area contributed by atoms with E-state index in [4.69, 9.17) is 9.47 Å². The third-order valence-corrected chi connectivity index (χ3v) is 8.89. The van der Waals surface area contributed by atoms with Crippen molar-refractivity contribution in [2.75, 3.05) is 6.61 Å². The molecule has 0 radical (unpaired) electrons. The molecule has 0 aliphatic rings. The van der Waals surface area contributed by atoms with Gasteiger partial charge < -0.3 is 24.8 Å². The third-order valence-electron chi connectivity index (χ3n) is 8.89. The Bertz CT molecular complexity index is 854. The zero-order chi connectivity index (χ0) is 36.4. The van der Waals surface area contributed by atoms with Crippen LogP contribution in [0, 0.1) is 0 Å². The number of hydrogen-bond acceptors (Lipinski definition) is 8. The Hall–Kier alpha value is -2.03. The van der Waals surface area contributed by atoms with E-state index in [1.54, 1.807) is 0 Å². The van der Waals surface area contributed by atoms with E-state index in [0.717, 1.165) is 103 Å². The highest BCUT2D eigenvalue weighted by atomic mass is 16.6. The maximum Gasteiger partial charge on any atom is 0.306 e. The minimum atomic E-state index is -1.31. The highest BCUT2D eigenvalue weighted by molar-refractivity contribution is 5.84. The summed E-state index contributed by atoms with van der Waals surface area (Å²) < 4.78 is 10.7. The molecule has 0 aliphatic carbocycles. The van der Waals surface area contributed by atoms with Crippen molar-refractivity contribution in [2.45, 2.75) is 212 Å². The number of carbonyl (C=O) groups is 3. The summed E-state index contributed by atoms with van der Waals surface area (Å²) in [5.74, 6) is -1.50. The van der Waals surface area contributed by atoms with Crippen molar-refractivity contribution < 1.29 is 39.2 Å². The SMILES string of the molecule is CCCCCC[C@@H](O)C/C=C\CCCCCCCC(=O)OC(CO)C(OC(=O)CCCCCCC/C=C\C[C@H](O)CCCCCC)C(C)=O. The number of ether oxygens (including phenoxy) is 2. The molecule has 0 saturated heterocycles. The molecule has 0 spiro atoms. The molecular weight excluding hydrogens is 620 g/mol. The Balaban J connectivity index is 4.04. The normalized spacial score (nSPS) is 14.2. The molecule has 0 bridgehead atoms. The van der Waals surface area contributed by atoms with Gasteiger partial charge in [0.1, 0.15) is 0 Å². The molecule has 8 heteroatoms. The monoisotopic (exact) mass is 695 g/mol. The van der Waals surface area contributed by atoms with Crippen molar-refractivity contribution in [3.63, 3.8) is 0 Å². The van der Waals surface area contributed by atoms with Gasteiger partial charge in [-0.3, -0.25) is 14.4 Å². The van der Waals surface area contributed by atoms with Gasteiger partial charge in [0.15, 0.2) is 18.0 Å². The zero-order valence-electron chi connectivity index (χ0n) is 31.6. The lowest BCUT2D eigenvalue weighted by atomic mass is 10.1. The number of allylic oxidation sites excluding steroid dienone is 2. The molecule has 0 aromatic rings. The average molecular weight is 695 g/mol. The summed E-state index contributed by atoms with van der Waals surface area (Å²) in [6.07, 6.45) is 29.7. The van der Waals surface area contributed by atoms with E-state index >= 15 is 0 Å². The minimum Gasteiger partial charge on any atom is -0.455 e. The predicted octanol–water partition coefficient (Wildman–Crippen LogP) is 9.41. The minimum absolute atomic E-state index is 0.169. The summed E-state index contributed by atoms with van der Waals surface area (Å²) >= 11 is 0. The van der Waals surface area contributed by atoms with Crippen molar-refractivity contribution >= 4 is 17.7 Å². The average Bonchev–Trinajstić information content (AvgIpc) is 3.08. The van der Waals surface area contributed by atoms with E-state index in [2.05, 4.69) is 38.2 Å². The topological polar surface area (TPSA) is 130 Å². The van der Waals surface area contributed by atoms with Crippen molar-refractivity contribution in [3.8, 4) is 0 Å². The Morgan fingerprint density at radius 3 is 1.39 bits per heavy atom. The fraction of sp³-hybridized carbons (Fsp3) is 0.829. The molecule has 3 N–H and O–H groups in total. The Labute approximate surface area is 299 Å². The summed E-state index contributed by atoms with van der Waals surface area (Å²) in [5.41, 5.74) is 0. The van der Waals surface area contributed by atoms with Crippen LogP contribution < -0.4 is 0 Å². The Morgan fingerprint density at radius 2 is 0.959 bits per heavy atom. The van der Waals surface area contributed by atoms with Crippen LogP contribution >= 0.6 is 0 Å². The molecule has 0 heterocycles. The maximum atomic E-state index is 12.4. The second-order valence-corrected chi connectivity index (χ2v) is 13.8. The first kappa shape index (κ1) is 47.0. The van der Waals surface area contributed by atoms with Crippen molar-refractivity contribution in [1.29, 1.82) is 0 Å². The van der Waals surface area contributed by atoms with Crippen molar-refractivity contribution in [1.82, 2.24) is 0 Å². The maximum absolute atomic E-state index is 12.4. The summed E-state index contributed by atoms with van der Waals surface area (Å²) in [4.78, 5) is 37.0. The van der Waals surface area contributed by atoms with E-state index in [1.807, 2.05) is 0 Å². The van der Waals surface area contributed by atoms with E-state index in [1.165, 1.54) is 45.4 Å². The molecular formula is C41H74O8. The number of aliphatic hydroxyl groups excluding tert-OH is 3. The molecule has 0 aliphatic heterocycles. The van der Waals surface area contributed by atoms with Gasteiger partial charge in [-0.05, 0) is 71.1 Å². The van der Waals surface area contributed by atoms with E-state index in [9.17, 15) is 29.7 Å². The highest BCUT2D eigenvalue weighted by Crippen LogP contribution is 2.15. The number of ketones is 1. The van der Waals surface area contributed by atoms with Crippen LogP contribution in [0.25, 0.3) is 0 Å². The molecule has 0 fully saturated rings. The number of hydrogen-bond donors (Lipinski definition) is 3. The van der Waals surface area contributed by atoms with Gasteiger partial charge in [0.25, 0.3) is 0 Å². The van der Waals surface area contributed by atoms with Crippen LogP contribution in [0.4, 0.5) is 0 Å². The van der Waals surface area contributed by atoms with Gasteiger partial charge in [-0.2, -0.15) is 0 Å². The molecule has 0 saturated carbocycles. The summed E-state index contributed by atoms with van der Waals surface area (Å²) in [5, 5.41) is 29.8. The van der Waals surface area contributed by atoms with E-state index < -0.39 is 36.5 Å². The number of rotatable bonds is 35. The van der Waals surface area contributed by atoms with Crippen LogP contribution in [-0.4, -0.2) is 64.1 Å². The lowest BCUT2D eigenvalue weighted by Crippen LogP contribution is -2.42. The standard InChI is InChI=1S/C41H74O8/c1-4-6-8-22-28-36(44)30-24-18-14-10-12-16-20-26-32-39(46)48-38(34-42)41(35(3)43)49-40(47)33-27-21-17-13-11-15-19-25-31-37(45)29-23-9-7-5-2/h18-19,24-25,36-38,41-42,44-45H,4-17,20-23,26-34H2,1-3H3/b24-18-,25-19-/t36-,37-,38?,41?/m1/s1. The highest BCUT2D eigenvalue weighted by Gasteiger charge is 2.32. The lowest BCUT2D eigenvalue weighted by Gasteiger charge is -2.23. The van der Waals surface area contributed by atoms with Crippen LogP contribution in [0.3, 0.4) is 0 Å². The second kappa shape index (κ2) is 34.4. The molecule has 2 unspecified atom stereocenters. The summed E-state index contributed by atoms with van der Waals surface area (Å²) in [6.45, 7) is 5.04. The van der Waals surface area contributed by atoms with Gasteiger partial charge in [-0.25, -0.2) is 0 Å². The number of Topliss-reactive ketones (excluding diaryl/α,β-unsaturated/α-hetero) is 1. The second-order valence-electron chi connectivity index (χ2n) is 13.8. The van der Waals surface area contributed by atoms with Gasteiger partial charge in [0.05, 0.1) is 18.8 Å². The number of esters is 2. The number of aliphatic hydroxyl groups is 3. The first-order valence-electron chi connectivity index (χ1n) is 19.9. The predicted molar refractivity (Wildman–Crippen MR) is 199 cm³/mol. The Kier molecular flexibility index (Phi) is 33.0. The molecule has 286 valence electrons. The lowest BCUT2D eigenvalue weighted by molar-refractivity contribution is -0.174. The number of unbranched alkanes of at least 4 members (excludes halogenated alkanes) is 16. The molecule has 49 heavy (non-hydrogen) atoms. The third kappa shape index (κ3) is 30.5.